The van der Waals surface area contributed by atoms with Crippen molar-refractivity contribution in [3.63, 3.8) is 0 Å². The van der Waals surface area contributed by atoms with Gasteiger partial charge in [-0.1, -0.05) is 31.5 Å². The largest absolute Gasteiger partial charge is 0.340 e. The van der Waals surface area contributed by atoms with E-state index in [2.05, 4.69) is 24.1 Å². The summed E-state index contributed by atoms with van der Waals surface area (Å²) in [5, 5.41) is 3.83. The molecule has 4 nitrogen and oxygen atoms in total. The van der Waals surface area contributed by atoms with E-state index in [0.29, 0.717) is 16.4 Å². The number of amides is 1. The maximum atomic E-state index is 12.5. The molecule has 23 heavy (non-hydrogen) atoms. The van der Waals surface area contributed by atoms with Crippen LogP contribution in [0.3, 0.4) is 0 Å². The highest BCUT2D eigenvalue weighted by molar-refractivity contribution is 6.30. The standard InChI is InChI=1S/C18H22ClN3O/c1-3-10-22(11-4-2)18(23)14-8-9-17(20-13-14)21-16-7-5-6-15(19)12-16/h5-9,12-13H,3-4,10-11H2,1-2H3,(H,20,21). The number of nitrogens with one attached hydrogen (secondary N) is 1. The molecule has 0 aliphatic rings. The second kappa shape index (κ2) is 8.53. The molecule has 1 N–H and O–H groups in total. The third kappa shape index (κ3) is 4.96. The molecule has 1 amide bonds. The minimum atomic E-state index is 0.0375. The van der Waals surface area contributed by atoms with E-state index in [1.807, 2.05) is 35.2 Å². The van der Waals surface area contributed by atoms with Crippen LogP contribution in [-0.4, -0.2) is 28.9 Å². The molecule has 0 aliphatic carbocycles. The number of hydrogen-bond acceptors (Lipinski definition) is 3. The van der Waals surface area contributed by atoms with Crippen molar-refractivity contribution in [2.24, 2.45) is 0 Å². The van der Waals surface area contributed by atoms with Crippen molar-refractivity contribution < 1.29 is 4.79 Å². The molecule has 0 atom stereocenters. The summed E-state index contributed by atoms with van der Waals surface area (Å²) in [4.78, 5) is 18.7. The Morgan fingerprint density at radius 2 is 1.91 bits per heavy atom. The van der Waals surface area contributed by atoms with Crippen LogP contribution in [0.4, 0.5) is 11.5 Å². The summed E-state index contributed by atoms with van der Waals surface area (Å²) in [6, 6.07) is 11.0. The summed E-state index contributed by atoms with van der Waals surface area (Å²) >= 11 is 5.96. The summed E-state index contributed by atoms with van der Waals surface area (Å²) in [5.41, 5.74) is 1.48. The normalized spacial score (nSPS) is 10.4. The van der Waals surface area contributed by atoms with Gasteiger partial charge in [0, 0.05) is 30.0 Å². The summed E-state index contributed by atoms with van der Waals surface area (Å²) in [6.45, 7) is 5.70. The Bertz CT molecular complexity index is 637. The topological polar surface area (TPSA) is 45.2 Å². The van der Waals surface area contributed by atoms with Crippen molar-refractivity contribution in [1.82, 2.24) is 9.88 Å². The van der Waals surface area contributed by atoms with E-state index in [1.54, 1.807) is 12.3 Å². The number of nitrogens with zero attached hydrogens (tertiary/aromatic N) is 2. The zero-order valence-corrected chi connectivity index (χ0v) is 14.3. The molecule has 0 spiro atoms. The van der Waals surface area contributed by atoms with Gasteiger partial charge < -0.3 is 10.2 Å². The van der Waals surface area contributed by atoms with Gasteiger partial charge >= 0.3 is 0 Å². The fourth-order valence-corrected chi connectivity index (χ4v) is 2.54. The Hall–Kier alpha value is -2.07. The molecule has 5 heteroatoms. The number of hydrogen-bond donors (Lipinski definition) is 1. The molecule has 2 rings (SSSR count). The molecule has 122 valence electrons. The Kier molecular flexibility index (Phi) is 6.41. The molecule has 0 saturated heterocycles. The monoisotopic (exact) mass is 331 g/mol. The van der Waals surface area contributed by atoms with Crippen LogP contribution in [0.5, 0.6) is 0 Å². The highest BCUT2D eigenvalue weighted by atomic mass is 35.5. The number of carbonyl (C=O) groups excluding carboxylic acids is 1. The number of halogens is 1. The van der Waals surface area contributed by atoms with Gasteiger partial charge in [-0.05, 0) is 43.2 Å². The lowest BCUT2D eigenvalue weighted by Gasteiger charge is -2.21. The quantitative estimate of drug-likeness (QED) is 0.797. The third-order valence-electron chi connectivity index (χ3n) is 3.38. The molecule has 0 aliphatic heterocycles. The summed E-state index contributed by atoms with van der Waals surface area (Å²) in [7, 11) is 0. The Morgan fingerprint density at radius 1 is 1.17 bits per heavy atom. The fraction of sp³-hybridized carbons (Fsp3) is 0.333. The van der Waals surface area contributed by atoms with Crippen LogP contribution in [0, 0.1) is 0 Å². The van der Waals surface area contributed by atoms with E-state index in [9.17, 15) is 4.79 Å². The molecule has 2 aromatic rings. The second-order valence-corrected chi connectivity index (χ2v) is 5.80. The van der Waals surface area contributed by atoms with Crippen LogP contribution in [0.15, 0.2) is 42.6 Å². The number of benzene rings is 1. The molecule has 0 fully saturated rings. The molecule has 0 bridgehead atoms. The first-order chi connectivity index (χ1) is 11.1. The third-order valence-corrected chi connectivity index (χ3v) is 3.62. The average molecular weight is 332 g/mol. The molecule has 0 unspecified atom stereocenters. The number of pyridine rings is 1. The molecule has 0 radical (unpaired) electrons. The van der Waals surface area contributed by atoms with Crippen LogP contribution < -0.4 is 5.32 Å². The van der Waals surface area contributed by atoms with Crippen molar-refractivity contribution in [3.8, 4) is 0 Å². The van der Waals surface area contributed by atoms with Crippen molar-refractivity contribution in [1.29, 1.82) is 0 Å². The predicted molar refractivity (Wildman–Crippen MR) is 95.5 cm³/mol. The first-order valence-electron chi connectivity index (χ1n) is 7.92. The van der Waals surface area contributed by atoms with Gasteiger partial charge in [0.05, 0.1) is 5.56 Å². The zero-order valence-electron chi connectivity index (χ0n) is 13.6. The zero-order chi connectivity index (χ0) is 16.7. The van der Waals surface area contributed by atoms with E-state index in [-0.39, 0.29) is 5.91 Å². The van der Waals surface area contributed by atoms with Crippen molar-refractivity contribution in [2.45, 2.75) is 26.7 Å². The van der Waals surface area contributed by atoms with Crippen molar-refractivity contribution in [3.05, 3.63) is 53.2 Å². The van der Waals surface area contributed by atoms with E-state index >= 15 is 0 Å². The summed E-state index contributed by atoms with van der Waals surface area (Å²) < 4.78 is 0. The number of carbonyl (C=O) groups is 1. The Balaban J connectivity index is 2.07. The molecular formula is C18H22ClN3O. The molecule has 1 aromatic carbocycles. The minimum Gasteiger partial charge on any atom is -0.340 e. The van der Waals surface area contributed by atoms with Gasteiger partial charge in [0.15, 0.2) is 0 Å². The molecule has 1 heterocycles. The highest BCUT2D eigenvalue weighted by Gasteiger charge is 2.14. The van der Waals surface area contributed by atoms with Crippen LogP contribution in [-0.2, 0) is 0 Å². The Labute approximate surface area is 142 Å². The first kappa shape index (κ1) is 17.3. The second-order valence-electron chi connectivity index (χ2n) is 5.36. The van der Waals surface area contributed by atoms with Crippen LogP contribution >= 0.6 is 11.6 Å². The average Bonchev–Trinajstić information content (AvgIpc) is 2.55. The minimum absolute atomic E-state index is 0.0375. The van der Waals surface area contributed by atoms with Crippen molar-refractivity contribution in [2.75, 3.05) is 18.4 Å². The van der Waals surface area contributed by atoms with Crippen molar-refractivity contribution >= 4 is 29.0 Å². The predicted octanol–water partition coefficient (Wildman–Crippen LogP) is 4.74. The fourth-order valence-electron chi connectivity index (χ4n) is 2.35. The van der Waals surface area contributed by atoms with Crippen LogP contribution in [0.25, 0.3) is 0 Å². The number of rotatable bonds is 7. The van der Waals surface area contributed by atoms with Gasteiger partial charge in [-0.25, -0.2) is 4.98 Å². The maximum absolute atomic E-state index is 12.5. The van der Waals surface area contributed by atoms with Gasteiger partial charge in [0.1, 0.15) is 5.82 Å². The van der Waals surface area contributed by atoms with Gasteiger partial charge in [-0.2, -0.15) is 0 Å². The first-order valence-corrected chi connectivity index (χ1v) is 8.29. The van der Waals surface area contributed by atoms with Crippen LogP contribution in [0.1, 0.15) is 37.0 Å². The van der Waals surface area contributed by atoms with E-state index < -0.39 is 0 Å². The molecular weight excluding hydrogens is 310 g/mol. The van der Waals surface area contributed by atoms with Gasteiger partial charge in [-0.15, -0.1) is 0 Å². The Morgan fingerprint density at radius 3 is 2.48 bits per heavy atom. The maximum Gasteiger partial charge on any atom is 0.255 e. The van der Waals surface area contributed by atoms with Gasteiger partial charge in [0.2, 0.25) is 0 Å². The summed E-state index contributed by atoms with van der Waals surface area (Å²) in [6.07, 6.45) is 3.52. The summed E-state index contributed by atoms with van der Waals surface area (Å²) in [5.74, 6) is 0.719. The van der Waals surface area contributed by atoms with E-state index in [4.69, 9.17) is 11.6 Å². The van der Waals surface area contributed by atoms with E-state index in [0.717, 1.165) is 31.6 Å². The van der Waals surface area contributed by atoms with Gasteiger partial charge in [-0.3, -0.25) is 4.79 Å². The number of anilines is 2. The van der Waals surface area contributed by atoms with Crippen LogP contribution in [0.2, 0.25) is 5.02 Å². The number of aromatic nitrogens is 1. The smallest absolute Gasteiger partial charge is 0.255 e. The highest BCUT2D eigenvalue weighted by Crippen LogP contribution is 2.19. The lowest BCUT2D eigenvalue weighted by atomic mass is 10.2. The van der Waals surface area contributed by atoms with E-state index in [1.165, 1.54) is 0 Å². The molecule has 0 saturated carbocycles. The lowest BCUT2D eigenvalue weighted by Crippen LogP contribution is -2.32. The molecule has 1 aromatic heterocycles. The SMILES string of the molecule is CCCN(CCC)C(=O)c1ccc(Nc2cccc(Cl)c2)nc1. The lowest BCUT2D eigenvalue weighted by molar-refractivity contribution is 0.0755. The van der Waals surface area contributed by atoms with Gasteiger partial charge in [0.25, 0.3) is 5.91 Å².